The number of aromatic nitrogens is 2. The van der Waals surface area contributed by atoms with Crippen molar-refractivity contribution >= 4 is 11.0 Å². The van der Waals surface area contributed by atoms with Crippen LogP contribution in [0.3, 0.4) is 0 Å². The lowest BCUT2D eigenvalue weighted by Crippen LogP contribution is -2.11. The topological polar surface area (TPSA) is 28.7 Å². The summed E-state index contributed by atoms with van der Waals surface area (Å²) in [7, 11) is 0. The van der Waals surface area contributed by atoms with E-state index < -0.39 is 0 Å². The molecule has 0 saturated carbocycles. The van der Waals surface area contributed by atoms with Crippen LogP contribution in [0.5, 0.6) is 0 Å². The number of halogens is 1. The summed E-state index contributed by atoms with van der Waals surface area (Å²) in [6, 6.07) is 1.87. The summed E-state index contributed by atoms with van der Waals surface area (Å²) in [5, 5.41) is 0.611. The molecule has 0 aromatic carbocycles. The first-order valence-electron chi connectivity index (χ1n) is 4.62. The first kappa shape index (κ1) is 9.19. The summed E-state index contributed by atoms with van der Waals surface area (Å²) in [5.74, 6) is -0.224. The van der Waals surface area contributed by atoms with Gasteiger partial charge in [0, 0.05) is 12.4 Å². The second-order valence-corrected chi connectivity index (χ2v) is 4.47. The molecule has 2 heterocycles. The summed E-state index contributed by atoms with van der Waals surface area (Å²) in [5.41, 5.74) is 1.54. The zero-order valence-corrected chi connectivity index (χ0v) is 8.56. The van der Waals surface area contributed by atoms with E-state index in [1.54, 1.807) is 6.20 Å². The van der Waals surface area contributed by atoms with Gasteiger partial charge in [-0.2, -0.15) is 0 Å². The number of rotatable bonds is 0. The molecule has 0 unspecified atom stereocenters. The van der Waals surface area contributed by atoms with E-state index in [2.05, 4.69) is 30.7 Å². The van der Waals surface area contributed by atoms with Gasteiger partial charge in [0.15, 0.2) is 0 Å². The molecule has 0 fully saturated rings. The molecule has 0 aliphatic carbocycles. The maximum Gasteiger partial charge on any atom is 0.150 e. The van der Waals surface area contributed by atoms with Crippen molar-refractivity contribution in [1.82, 2.24) is 9.97 Å². The Kier molecular flexibility index (Phi) is 1.84. The third-order valence-electron chi connectivity index (χ3n) is 2.33. The van der Waals surface area contributed by atoms with Crippen molar-refractivity contribution in [1.29, 1.82) is 0 Å². The van der Waals surface area contributed by atoms with E-state index in [0.717, 1.165) is 5.56 Å². The quantitative estimate of drug-likeness (QED) is 0.683. The molecule has 2 nitrogen and oxygen atoms in total. The number of pyridine rings is 1. The van der Waals surface area contributed by atoms with E-state index in [4.69, 9.17) is 0 Å². The molecule has 0 atom stereocenters. The van der Waals surface area contributed by atoms with E-state index in [-0.39, 0.29) is 11.2 Å². The van der Waals surface area contributed by atoms with Gasteiger partial charge in [0.25, 0.3) is 0 Å². The summed E-state index contributed by atoms with van der Waals surface area (Å²) >= 11 is 0. The zero-order valence-electron chi connectivity index (χ0n) is 8.56. The molecule has 14 heavy (non-hydrogen) atoms. The Labute approximate surface area is 82.2 Å². The lowest BCUT2D eigenvalue weighted by Gasteiger charge is -2.19. The van der Waals surface area contributed by atoms with Crippen LogP contribution >= 0.6 is 0 Å². The average molecular weight is 192 g/mol. The fourth-order valence-electron chi connectivity index (χ4n) is 1.64. The fourth-order valence-corrected chi connectivity index (χ4v) is 1.64. The van der Waals surface area contributed by atoms with Gasteiger partial charge in [0.1, 0.15) is 11.5 Å². The molecular formula is C11H13FN2. The molecule has 0 radical (unpaired) electrons. The van der Waals surface area contributed by atoms with Gasteiger partial charge in [-0.25, -0.2) is 9.37 Å². The smallest absolute Gasteiger partial charge is 0.150 e. The summed E-state index contributed by atoms with van der Waals surface area (Å²) in [6.45, 7) is 6.19. The highest BCUT2D eigenvalue weighted by Gasteiger charge is 2.19. The fraction of sp³-hybridized carbons (Fsp3) is 0.364. The van der Waals surface area contributed by atoms with Gasteiger partial charge in [-0.15, -0.1) is 0 Å². The Morgan fingerprint density at radius 2 is 2.07 bits per heavy atom. The van der Waals surface area contributed by atoms with Crippen LogP contribution in [0.2, 0.25) is 0 Å². The van der Waals surface area contributed by atoms with Crippen LogP contribution in [-0.2, 0) is 5.41 Å². The second kappa shape index (κ2) is 2.80. The molecule has 0 spiro atoms. The van der Waals surface area contributed by atoms with E-state index in [1.807, 2.05) is 6.07 Å². The lowest BCUT2D eigenvalue weighted by atomic mass is 9.86. The maximum absolute atomic E-state index is 13.5. The molecular weight excluding hydrogens is 179 g/mol. The first-order chi connectivity index (χ1) is 6.50. The van der Waals surface area contributed by atoms with Gasteiger partial charge in [-0.1, -0.05) is 20.8 Å². The molecule has 0 aliphatic heterocycles. The normalized spacial score (nSPS) is 12.3. The number of aromatic amines is 1. The van der Waals surface area contributed by atoms with Crippen molar-refractivity contribution < 1.29 is 4.39 Å². The van der Waals surface area contributed by atoms with Crippen molar-refractivity contribution in [2.24, 2.45) is 0 Å². The first-order valence-corrected chi connectivity index (χ1v) is 4.62. The Morgan fingerprint density at radius 3 is 2.71 bits per heavy atom. The van der Waals surface area contributed by atoms with Crippen LogP contribution in [0.25, 0.3) is 11.0 Å². The third kappa shape index (κ3) is 1.29. The van der Waals surface area contributed by atoms with Gasteiger partial charge >= 0.3 is 0 Å². The molecule has 2 aromatic rings. The monoisotopic (exact) mass is 192 g/mol. The van der Waals surface area contributed by atoms with Gasteiger partial charge in [-0.3, -0.25) is 0 Å². The minimum absolute atomic E-state index is 0.0653. The van der Waals surface area contributed by atoms with E-state index in [9.17, 15) is 4.39 Å². The highest BCUT2D eigenvalue weighted by molar-refractivity contribution is 5.81. The molecule has 2 rings (SSSR count). The minimum Gasteiger partial charge on any atom is -0.343 e. The Bertz CT molecular complexity index is 466. The maximum atomic E-state index is 13.5. The predicted molar refractivity (Wildman–Crippen MR) is 54.8 cm³/mol. The molecule has 0 aliphatic rings. The van der Waals surface area contributed by atoms with Crippen LogP contribution in [0, 0.1) is 5.82 Å². The van der Waals surface area contributed by atoms with Crippen molar-refractivity contribution in [3.05, 3.63) is 29.8 Å². The molecule has 2 aromatic heterocycles. The Morgan fingerprint density at radius 1 is 1.36 bits per heavy atom. The predicted octanol–water partition coefficient (Wildman–Crippen LogP) is 3.00. The highest BCUT2D eigenvalue weighted by atomic mass is 19.1. The Balaban J connectivity index is 2.82. The third-order valence-corrected chi connectivity index (χ3v) is 2.33. The van der Waals surface area contributed by atoms with Crippen molar-refractivity contribution in [3.8, 4) is 0 Å². The van der Waals surface area contributed by atoms with Gasteiger partial charge in [-0.05, 0) is 17.0 Å². The summed E-state index contributed by atoms with van der Waals surface area (Å²) < 4.78 is 13.5. The van der Waals surface area contributed by atoms with Crippen LogP contribution < -0.4 is 0 Å². The number of hydrogen-bond acceptors (Lipinski definition) is 1. The molecule has 0 bridgehead atoms. The number of nitrogens with one attached hydrogen (secondary N) is 1. The highest BCUT2D eigenvalue weighted by Crippen LogP contribution is 2.29. The van der Waals surface area contributed by atoms with Crippen molar-refractivity contribution in [2.45, 2.75) is 26.2 Å². The van der Waals surface area contributed by atoms with Crippen LogP contribution in [0.4, 0.5) is 4.39 Å². The average Bonchev–Trinajstić information content (AvgIpc) is 2.46. The van der Waals surface area contributed by atoms with Crippen molar-refractivity contribution in [3.63, 3.8) is 0 Å². The minimum atomic E-state index is -0.224. The molecule has 0 saturated heterocycles. The van der Waals surface area contributed by atoms with Crippen LogP contribution in [0.15, 0.2) is 18.5 Å². The summed E-state index contributed by atoms with van der Waals surface area (Å²) in [6.07, 6.45) is 3.06. The number of hydrogen-bond donors (Lipinski definition) is 1. The van der Waals surface area contributed by atoms with E-state index in [1.165, 1.54) is 6.20 Å². The Hall–Kier alpha value is -1.38. The van der Waals surface area contributed by atoms with Gasteiger partial charge < -0.3 is 4.98 Å². The zero-order chi connectivity index (χ0) is 10.3. The lowest BCUT2D eigenvalue weighted by molar-refractivity contribution is 0.587. The number of fused-ring (bicyclic) bond motifs is 1. The van der Waals surface area contributed by atoms with Gasteiger partial charge in [0.2, 0.25) is 0 Å². The SMILES string of the molecule is CC(C)(C)c1ccnc2[nH]cc(F)c12. The van der Waals surface area contributed by atoms with Crippen molar-refractivity contribution in [2.75, 3.05) is 0 Å². The van der Waals surface area contributed by atoms with Crippen LogP contribution in [0.1, 0.15) is 26.3 Å². The largest absolute Gasteiger partial charge is 0.343 e. The summed E-state index contributed by atoms with van der Waals surface area (Å²) in [4.78, 5) is 6.89. The second-order valence-electron chi connectivity index (χ2n) is 4.47. The number of H-pyrrole nitrogens is 1. The van der Waals surface area contributed by atoms with Gasteiger partial charge in [0.05, 0.1) is 5.39 Å². The molecule has 1 N–H and O–H groups in total. The van der Waals surface area contributed by atoms with E-state index >= 15 is 0 Å². The molecule has 74 valence electrons. The van der Waals surface area contributed by atoms with Crippen LogP contribution in [-0.4, -0.2) is 9.97 Å². The molecule has 0 amide bonds. The number of nitrogens with zero attached hydrogens (tertiary/aromatic N) is 1. The standard InChI is InChI=1S/C11H13FN2/c1-11(2,3)7-4-5-13-10-9(7)8(12)6-14-10/h4-6H,1-3H3,(H,13,14). The van der Waals surface area contributed by atoms with E-state index in [0.29, 0.717) is 11.0 Å². The molecule has 3 heteroatoms.